The standard InChI is InChI=1S/C21H18N2O3/c1-13-3-2-4-18(24)20(13)23-21(25)17-10-16(11-22-12-17)14-5-6-19-15(9-14)7-8-26-19/h2-6,9-12,24H,7-8H2,1H3,(H,23,25). The van der Waals surface area contributed by atoms with Crippen LogP contribution < -0.4 is 10.1 Å². The second-order valence-corrected chi connectivity index (χ2v) is 6.31. The van der Waals surface area contributed by atoms with Crippen LogP contribution in [0.15, 0.2) is 54.9 Å². The number of pyridine rings is 1. The Morgan fingerprint density at radius 1 is 1.15 bits per heavy atom. The molecule has 0 radical (unpaired) electrons. The number of aromatic nitrogens is 1. The SMILES string of the molecule is Cc1cccc(O)c1NC(=O)c1cncc(-c2ccc3c(c2)CCO3)c1. The van der Waals surface area contributed by atoms with Crippen molar-refractivity contribution in [2.75, 3.05) is 11.9 Å². The molecule has 1 aliphatic rings. The highest BCUT2D eigenvalue weighted by atomic mass is 16.5. The van der Waals surface area contributed by atoms with Crippen LogP contribution in [0.25, 0.3) is 11.1 Å². The number of phenolic OH excluding ortho intramolecular Hbond substituents is 1. The Morgan fingerprint density at radius 3 is 2.88 bits per heavy atom. The molecule has 0 atom stereocenters. The van der Waals surface area contributed by atoms with Gasteiger partial charge in [-0.25, -0.2) is 0 Å². The molecule has 130 valence electrons. The molecule has 2 N–H and O–H groups in total. The first-order chi connectivity index (χ1) is 12.6. The summed E-state index contributed by atoms with van der Waals surface area (Å²) in [6.07, 6.45) is 4.15. The number of anilines is 1. The van der Waals surface area contributed by atoms with E-state index in [1.807, 2.05) is 25.1 Å². The van der Waals surface area contributed by atoms with Crippen LogP contribution in [-0.4, -0.2) is 22.6 Å². The first-order valence-electron chi connectivity index (χ1n) is 8.43. The van der Waals surface area contributed by atoms with E-state index >= 15 is 0 Å². The molecule has 0 fully saturated rings. The molecular weight excluding hydrogens is 328 g/mol. The van der Waals surface area contributed by atoms with Gasteiger partial charge in [-0.3, -0.25) is 9.78 Å². The van der Waals surface area contributed by atoms with Crippen molar-refractivity contribution in [3.63, 3.8) is 0 Å². The third kappa shape index (κ3) is 2.99. The highest BCUT2D eigenvalue weighted by molar-refractivity contribution is 6.05. The summed E-state index contributed by atoms with van der Waals surface area (Å²) in [6.45, 7) is 2.54. The maximum absolute atomic E-state index is 12.6. The molecular formula is C21H18N2O3. The Morgan fingerprint density at radius 2 is 2.04 bits per heavy atom. The van der Waals surface area contributed by atoms with E-state index in [2.05, 4.69) is 16.4 Å². The van der Waals surface area contributed by atoms with Gasteiger partial charge in [0.1, 0.15) is 11.5 Å². The van der Waals surface area contributed by atoms with Crippen LogP contribution in [0.4, 0.5) is 5.69 Å². The quantitative estimate of drug-likeness (QED) is 0.705. The van der Waals surface area contributed by atoms with E-state index in [4.69, 9.17) is 4.74 Å². The van der Waals surface area contributed by atoms with Crippen molar-refractivity contribution in [2.45, 2.75) is 13.3 Å². The van der Waals surface area contributed by atoms with E-state index in [-0.39, 0.29) is 11.7 Å². The van der Waals surface area contributed by atoms with Crippen molar-refractivity contribution in [3.05, 3.63) is 71.5 Å². The summed E-state index contributed by atoms with van der Waals surface area (Å²) < 4.78 is 5.54. The van der Waals surface area contributed by atoms with Gasteiger partial charge in [0.25, 0.3) is 5.91 Å². The van der Waals surface area contributed by atoms with Crippen LogP contribution in [0.3, 0.4) is 0 Å². The van der Waals surface area contributed by atoms with Crippen molar-refractivity contribution in [3.8, 4) is 22.6 Å². The van der Waals surface area contributed by atoms with Gasteiger partial charge < -0.3 is 15.2 Å². The number of hydrogen-bond donors (Lipinski definition) is 2. The topological polar surface area (TPSA) is 71.5 Å². The summed E-state index contributed by atoms with van der Waals surface area (Å²) in [6, 6.07) is 12.9. The molecule has 0 unspecified atom stereocenters. The van der Waals surface area contributed by atoms with Gasteiger partial charge in [0.2, 0.25) is 0 Å². The molecule has 2 heterocycles. The Kier molecular flexibility index (Phi) is 4.05. The minimum absolute atomic E-state index is 0.0427. The van der Waals surface area contributed by atoms with Crippen molar-refractivity contribution in [1.82, 2.24) is 4.98 Å². The number of nitrogens with one attached hydrogen (secondary N) is 1. The number of nitrogens with zero attached hydrogens (tertiary/aromatic N) is 1. The number of aromatic hydroxyl groups is 1. The summed E-state index contributed by atoms with van der Waals surface area (Å²) in [5.41, 5.74) is 4.67. The fourth-order valence-electron chi connectivity index (χ4n) is 3.09. The highest BCUT2D eigenvalue weighted by Crippen LogP contribution is 2.31. The minimum atomic E-state index is -0.312. The van der Waals surface area contributed by atoms with Gasteiger partial charge in [-0.1, -0.05) is 18.2 Å². The lowest BCUT2D eigenvalue weighted by Crippen LogP contribution is -2.13. The van der Waals surface area contributed by atoms with Crippen LogP contribution in [0, 0.1) is 6.92 Å². The van der Waals surface area contributed by atoms with Crippen molar-refractivity contribution in [2.24, 2.45) is 0 Å². The third-order valence-electron chi connectivity index (χ3n) is 4.51. The molecule has 0 saturated heterocycles. The molecule has 26 heavy (non-hydrogen) atoms. The number of phenols is 1. The normalized spacial score (nSPS) is 12.3. The molecule has 0 spiro atoms. The molecule has 5 nitrogen and oxygen atoms in total. The second-order valence-electron chi connectivity index (χ2n) is 6.31. The lowest BCUT2D eigenvalue weighted by molar-refractivity contribution is 0.102. The van der Waals surface area contributed by atoms with E-state index in [0.29, 0.717) is 17.9 Å². The average Bonchev–Trinajstić information content (AvgIpc) is 3.12. The number of benzene rings is 2. The molecule has 0 bridgehead atoms. The van der Waals surface area contributed by atoms with E-state index in [9.17, 15) is 9.90 Å². The summed E-state index contributed by atoms with van der Waals surface area (Å²) >= 11 is 0. The Labute approximate surface area is 151 Å². The largest absolute Gasteiger partial charge is 0.506 e. The second kappa shape index (κ2) is 6.52. The van der Waals surface area contributed by atoms with Gasteiger partial charge in [0.05, 0.1) is 17.9 Å². The third-order valence-corrected chi connectivity index (χ3v) is 4.51. The smallest absolute Gasteiger partial charge is 0.257 e. The predicted octanol–water partition coefficient (Wildman–Crippen LogP) is 3.95. The summed E-state index contributed by atoms with van der Waals surface area (Å²) in [5.74, 6) is 0.653. The number of carbonyl (C=O) groups excluding carboxylic acids is 1. The van der Waals surface area contributed by atoms with Gasteiger partial charge in [0, 0.05) is 24.4 Å². The number of para-hydroxylation sites is 1. The van der Waals surface area contributed by atoms with Gasteiger partial charge in [0.15, 0.2) is 0 Å². The number of hydrogen-bond acceptors (Lipinski definition) is 4. The van der Waals surface area contributed by atoms with Crippen LogP contribution in [-0.2, 0) is 6.42 Å². The van der Waals surface area contributed by atoms with Crippen molar-refractivity contribution < 1.29 is 14.6 Å². The predicted molar refractivity (Wildman–Crippen MR) is 99.7 cm³/mol. The van der Waals surface area contributed by atoms with Crippen LogP contribution >= 0.6 is 0 Å². The number of carbonyl (C=O) groups is 1. The first-order valence-corrected chi connectivity index (χ1v) is 8.43. The zero-order valence-corrected chi connectivity index (χ0v) is 14.3. The lowest BCUT2D eigenvalue weighted by atomic mass is 10.0. The Bertz CT molecular complexity index is 978. The van der Waals surface area contributed by atoms with Gasteiger partial charge in [-0.15, -0.1) is 0 Å². The number of amides is 1. The number of aryl methyl sites for hydroxylation is 1. The molecule has 3 aromatic rings. The fraction of sp³-hybridized carbons (Fsp3) is 0.143. The zero-order valence-electron chi connectivity index (χ0n) is 14.3. The van der Waals surface area contributed by atoms with Crippen LogP contribution in [0.1, 0.15) is 21.5 Å². The van der Waals surface area contributed by atoms with Crippen LogP contribution in [0.5, 0.6) is 11.5 Å². The van der Waals surface area contributed by atoms with E-state index in [1.54, 1.807) is 24.4 Å². The fourth-order valence-corrected chi connectivity index (χ4v) is 3.09. The molecule has 0 aliphatic carbocycles. The number of fused-ring (bicyclic) bond motifs is 1. The molecule has 1 amide bonds. The number of ether oxygens (including phenoxy) is 1. The lowest BCUT2D eigenvalue weighted by Gasteiger charge is -2.11. The minimum Gasteiger partial charge on any atom is -0.506 e. The van der Waals surface area contributed by atoms with Crippen molar-refractivity contribution >= 4 is 11.6 Å². The Balaban J connectivity index is 1.62. The summed E-state index contributed by atoms with van der Waals surface area (Å²) in [5, 5.41) is 12.7. The van der Waals surface area contributed by atoms with E-state index in [1.165, 1.54) is 11.8 Å². The highest BCUT2D eigenvalue weighted by Gasteiger charge is 2.15. The molecule has 4 rings (SSSR count). The van der Waals surface area contributed by atoms with E-state index < -0.39 is 0 Å². The molecule has 1 aromatic heterocycles. The average molecular weight is 346 g/mol. The Hall–Kier alpha value is -3.34. The number of rotatable bonds is 3. The van der Waals surface area contributed by atoms with Gasteiger partial charge >= 0.3 is 0 Å². The summed E-state index contributed by atoms with van der Waals surface area (Å²) in [7, 11) is 0. The summed E-state index contributed by atoms with van der Waals surface area (Å²) in [4.78, 5) is 16.8. The molecule has 1 aliphatic heterocycles. The van der Waals surface area contributed by atoms with Crippen LogP contribution in [0.2, 0.25) is 0 Å². The maximum atomic E-state index is 12.6. The molecule has 5 heteroatoms. The van der Waals surface area contributed by atoms with Gasteiger partial charge in [-0.2, -0.15) is 0 Å². The first kappa shape index (κ1) is 16.1. The van der Waals surface area contributed by atoms with Gasteiger partial charge in [-0.05, 0) is 47.9 Å². The monoisotopic (exact) mass is 346 g/mol. The maximum Gasteiger partial charge on any atom is 0.257 e. The van der Waals surface area contributed by atoms with E-state index in [0.717, 1.165) is 28.9 Å². The van der Waals surface area contributed by atoms with Crippen molar-refractivity contribution in [1.29, 1.82) is 0 Å². The molecule has 0 saturated carbocycles. The molecule has 2 aromatic carbocycles. The zero-order chi connectivity index (χ0) is 18.1.